The molecule has 3 fully saturated rings. The number of nitrogens with zero attached hydrogens (tertiary/aromatic N) is 2. The van der Waals surface area contributed by atoms with Crippen molar-refractivity contribution in [1.29, 1.82) is 0 Å². The van der Waals surface area contributed by atoms with Crippen molar-refractivity contribution in [3.8, 4) is 0 Å². The van der Waals surface area contributed by atoms with E-state index in [9.17, 15) is 23.6 Å². The minimum absolute atomic E-state index is 0.0165. The molecule has 2 saturated heterocycles. The number of cyclic esters (lactones) is 1. The highest BCUT2D eigenvalue weighted by molar-refractivity contribution is 5.90. The number of likely N-dealkylation sites (tertiary alicyclic amines) is 1. The predicted molar refractivity (Wildman–Crippen MR) is 108 cm³/mol. The lowest BCUT2D eigenvalue weighted by Gasteiger charge is -2.20. The summed E-state index contributed by atoms with van der Waals surface area (Å²) in [4.78, 5) is 49.3. The zero-order valence-corrected chi connectivity index (χ0v) is 17.4. The molecule has 4 atom stereocenters. The molecule has 4 rings (SSSR count). The number of hydrogen-bond donors (Lipinski definition) is 2. The number of amides is 4. The SMILES string of the molecule is CC(=O)NCC(=O)N1C[C@@H]2[C@H](C1)[C@H]2c1ccc(N2C[C@H](CNC(C)=O)OC2=O)cc1F. The third kappa shape index (κ3) is 4.33. The maximum absolute atomic E-state index is 14.9. The molecule has 31 heavy (non-hydrogen) atoms. The number of carbonyl (C=O) groups excluding carboxylic acids is 4. The molecule has 0 spiro atoms. The van der Waals surface area contributed by atoms with Crippen LogP contribution in [0.2, 0.25) is 0 Å². The lowest BCUT2D eigenvalue weighted by molar-refractivity contribution is -0.132. The van der Waals surface area contributed by atoms with Gasteiger partial charge in [-0.05, 0) is 35.4 Å². The van der Waals surface area contributed by atoms with E-state index in [4.69, 9.17) is 4.74 Å². The number of benzene rings is 1. The van der Waals surface area contributed by atoms with Gasteiger partial charge in [0, 0.05) is 26.9 Å². The first-order chi connectivity index (χ1) is 14.7. The fraction of sp³-hybridized carbons (Fsp3) is 0.524. The Labute approximate surface area is 178 Å². The van der Waals surface area contributed by atoms with Crippen LogP contribution in [0.15, 0.2) is 18.2 Å². The van der Waals surface area contributed by atoms with Crippen LogP contribution in [-0.2, 0) is 19.1 Å². The van der Waals surface area contributed by atoms with Crippen molar-refractivity contribution >= 4 is 29.5 Å². The van der Waals surface area contributed by atoms with Crippen LogP contribution in [0.5, 0.6) is 0 Å². The van der Waals surface area contributed by atoms with Gasteiger partial charge in [-0.25, -0.2) is 9.18 Å². The Balaban J connectivity index is 1.35. The Morgan fingerprint density at radius 3 is 2.39 bits per heavy atom. The minimum atomic E-state index is -0.570. The third-order valence-corrected chi connectivity index (χ3v) is 6.14. The molecule has 0 radical (unpaired) electrons. The van der Waals surface area contributed by atoms with Crippen LogP contribution in [0.25, 0.3) is 0 Å². The number of halogens is 1. The lowest BCUT2D eigenvalue weighted by atomic mass is 10.0. The van der Waals surface area contributed by atoms with Crippen molar-refractivity contribution in [3.63, 3.8) is 0 Å². The van der Waals surface area contributed by atoms with Gasteiger partial charge in [0.2, 0.25) is 17.7 Å². The summed E-state index contributed by atoms with van der Waals surface area (Å²) < 4.78 is 20.1. The van der Waals surface area contributed by atoms with Crippen LogP contribution in [0.3, 0.4) is 0 Å². The average Bonchev–Trinajstić information content (AvgIpc) is 3.03. The van der Waals surface area contributed by atoms with Crippen LogP contribution in [0.4, 0.5) is 14.9 Å². The van der Waals surface area contributed by atoms with Crippen LogP contribution >= 0.6 is 0 Å². The van der Waals surface area contributed by atoms with Gasteiger partial charge in [0.1, 0.15) is 11.9 Å². The highest BCUT2D eigenvalue weighted by atomic mass is 19.1. The van der Waals surface area contributed by atoms with Gasteiger partial charge in [0.15, 0.2) is 0 Å². The van der Waals surface area contributed by atoms with E-state index >= 15 is 0 Å². The van der Waals surface area contributed by atoms with E-state index in [1.54, 1.807) is 17.0 Å². The van der Waals surface area contributed by atoms with Crippen molar-refractivity contribution in [1.82, 2.24) is 15.5 Å². The molecule has 3 aliphatic rings. The monoisotopic (exact) mass is 432 g/mol. The average molecular weight is 432 g/mol. The Hall–Kier alpha value is -3.17. The number of ether oxygens (including phenoxy) is 1. The summed E-state index contributed by atoms with van der Waals surface area (Å²) in [5.74, 6) is -0.501. The molecule has 0 unspecified atom stereocenters. The van der Waals surface area contributed by atoms with E-state index in [0.29, 0.717) is 24.3 Å². The van der Waals surface area contributed by atoms with Gasteiger partial charge < -0.3 is 20.3 Å². The number of nitrogens with one attached hydrogen (secondary N) is 2. The van der Waals surface area contributed by atoms with Gasteiger partial charge in [0.05, 0.1) is 25.3 Å². The topological polar surface area (TPSA) is 108 Å². The summed E-state index contributed by atoms with van der Waals surface area (Å²) in [5.41, 5.74) is 1.00. The molecule has 1 aromatic carbocycles. The molecule has 2 N–H and O–H groups in total. The Bertz CT molecular complexity index is 926. The van der Waals surface area contributed by atoms with E-state index in [1.807, 2.05) is 0 Å². The summed E-state index contributed by atoms with van der Waals surface area (Å²) in [6, 6.07) is 4.74. The van der Waals surface area contributed by atoms with E-state index in [-0.39, 0.29) is 60.9 Å². The minimum Gasteiger partial charge on any atom is -0.442 e. The molecule has 2 heterocycles. The number of piperidine rings is 1. The second-order valence-electron chi connectivity index (χ2n) is 8.32. The zero-order valence-electron chi connectivity index (χ0n) is 17.4. The van der Waals surface area contributed by atoms with E-state index < -0.39 is 12.2 Å². The number of hydrogen-bond acceptors (Lipinski definition) is 5. The Morgan fingerprint density at radius 2 is 1.77 bits per heavy atom. The predicted octanol–water partition coefficient (Wildman–Crippen LogP) is 0.595. The molecule has 0 aromatic heterocycles. The molecule has 9 nitrogen and oxygen atoms in total. The maximum atomic E-state index is 14.9. The molecule has 1 aromatic rings. The molecule has 4 amide bonds. The summed E-state index contributed by atoms with van der Waals surface area (Å²) >= 11 is 0. The summed E-state index contributed by atoms with van der Waals surface area (Å²) in [5, 5.41) is 5.11. The van der Waals surface area contributed by atoms with E-state index in [2.05, 4.69) is 10.6 Å². The van der Waals surface area contributed by atoms with Crippen molar-refractivity contribution in [2.75, 3.05) is 37.6 Å². The Morgan fingerprint density at radius 1 is 1.10 bits per heavy atom. The largest absolute Gasteiger partial charge is 0.442 e. The van der Waals surface area contributed by atoms with Crippen molar-refractivity contribution < 1.29 is 28.3 Å². The zero-order chi connectivity index (χ0) is 22.3. The fourth-order valence-corrected chi connectivity index (χ4v) is 4.55. The van der Waals surface area contributed by atoms with Crippen LogP contribution in [0, 0.1) is 17.7 Å². The first-order valence-electron chi connectivity index (χ1n) is 10.3. The Kier molecular flexibility index (Phi) is 5.55. The van der Waals surface area contributed by atoms with E-state index in [1.165, 1.54) is 24.8 Å². The summed E-state index contributed by atoms with van der Waals surface area (Å²) in [7, 11) is 0. The van der Waals surface area contributed by atoms with Gasteiger partial charge in [-0.15, -0.1) is 0 Å². The van der Waals surface area contributed by atoms with Gasteiger partial charge in [-0.3, -0.25) is 19.3 Å². The smallest absolute Gasteiger partial charge is 0.414 e. The second-order valence-corrected chi connectivity index (χ2v) is 8.32. The highest BCUT2D eigenvalue weighted by Crippen LogP contribution is 2.58. The van der Waals surface area contributed by atoms with Crippen molar-refractivity contribution in [3.05, 3.63) is 29.6 Å². The van der Waals surface area contributed by atoms with Gasteiger partial charge in [-0.2, -0.15) is 0 Å². The van der Waals surface area contributed by atoms with Gasteiger partial charge >= 0.3 is 6.09 Å². The molecular formula is C21H25FN4O5. The summed E-state index contributed by atoms with van der Waals surface area (Å²) in [6.45, 7) is 4.28. The van der Waals surface area contributed by atoms with Crippen molar-refractivity contribution in [2.24, 2.45) is 11.8 Å². The number of fused-ring (bicyclic) bond motifs is 1. The number of carbonyl (C=O) groups is 4. The molecule has 166 valence electrons. The molecule has 0 bridgehead atoms. The molecule has 1 saturated carbocycles. The fourth-order valence-electron chi connectivity index (χ4n) is 4.55. The second kappa shape index (κ2) is 8.16. The first-order valence-corrected chi connectivity index (χ1v) is 10.3. The molecule has 10 heteroatoms. The first kappa shape index (κ1) is 21.1. The van der Waals surface area contributed by atoms with Crippen LogP contribution in [0.1, 0.15) is 25.3 Å². The number of anilines is 1. The standard InChI is InChI=1S/C21H25FN4O5/c1-11(27)23-6-14-8-26(21(30)31-14)13-3-4-15(18(22)5-13)20-16-9-25(10-17(16)20)19(29)7-24-12(2)28/h3-5,14,16-17,20H,6-10H2,1-2H3,(H,23,27)(H,24,28)/t14-,16-,17+,20+/m0/s1. The highest BCUT2D eigenvalue weighted by Gasteiger charge is 2.57. The van der Waals surface area contributed by atoms with E-state index in [0.717, 1.165) is 0 Å². The van der Waals surface area contributed by atoms with Crippen LogP contribution in [-0.4, -0.2) is 67.5 Å². The molecular weight excluding hydrogens is 407 g/mol. The lowest BCUT2D eigenvalue weighted by Crippen LogP contribution is -2.39. The van der Waals surface area contributed by atoms with Gasteiger partial charge in [-0.1, -0.05) is 6.07 Å². The van der Waals surface area contributed by atoms with Gasteiger partial charge in [0.25, 0.3) is 0 Å². The van der Waals surface area contributed by atoms with Crippen molar-refractivity contribution in [2.45, 2.75) is 25.9 Å². The maximum Gasteiger partial charge on any atom is 0.414 e. The third-order valence-electron chi connectivity index (χ3n) is 6.14. The molecule has 2 aliphatic heterocycles. The van der Waals surface area contributed by atoms with Crippen LogP contribution < -0.4 is 15.5 Å². The normalized spacial score (nSPS) is 26.4. The summed E-state index contributed by atoms with van der Waals surface area (Å²) in [6.07, 6.45) is -1.05. The number of rotatable bonds is 6. The quantitative estimate of drug-likeness (QED) is 0.684. The molecule has 1 aliphatic carbocycles.